The molecule has 0 radical (unpaired) electrons. The van der Waals surface area contributed by atoms with Crippen LogP contribution in [0.25, 0.3) is 0 Å². The van der Waals surface area contributed by atoms with Crippen molar-refractivity contribution in [2.45, 2.75) is 244 Å². The van der Waals surface area contributed by atoms with E-state index in [2.05, 4.69) is 43.5 Å². The van der Waals surface area contributed by atoms with Gasteiger partial charge in [-0.2, -0.15) is 8.42 Å². The average molecular weight is 766 g/mol. The van der Waals surface area contributed by atoms with Gasteiger partial charge in [-0.05, 0) is 51.4 Å². The lowest BCUT2D eigenvalue weighted by atomic mass is 10.0. The molecule has 0 spiro atoms. The first-order valence-electron chi connectivity index (χ1n) is 22.7. The molecule has 0 saturated carbocycles. The zero-order valence-electron chi connectivity index (χ0n) is 34.9. The molecule has 0 heterocycles. The third-order valence-electron chi connectivity index (χ3n) is 10.3. The van der Waals surface area contributed by atoms with Gasteiger partial charge in [-0.15, -0.1) is 0 Å². The Labute approximate surface area is 329 Å². The lowest BCUT2D eigenvalue weighted by Crippen LogP contribution is -2.46. The second-order valence-corrected chi connectivity index (χ2v) is 17.2. The van der Waals surface area contributed by atoms with E-state index in [4.69, 9.17) is 0 Å². The Balaban J connectivity index is 3.86. The van der Waals surface area contributed by atoms with Crippen molar-refractivity contribution in [2.24, 2.45) is 0 Å². The molecule has 0 aromatic rings. The van der Waals surface area contributed by atoms with Crippen molar-refractivity contribution in [2.75, 3.05) is 5.75 Å². The normalized spacial score (nSPS) is 13.5. The van der Waals surface area contributed by atoms with E-state index in [1.807, 2.05) is 6.08 Å². The predicted molar refractivity (Wildman–Crippen MR) is 230 cm³/mol. The van der Waals surface area contributed by atoms with Crippen LogP contribution in [-0.4, -0.2) is 41.9 Å². The number of rotatable bonds is 41. The van der Waals surface area contributed by atoms with Gasteiger partial charge in [-0.25, -0.2) is 0 Å². The Morgan fingerprint density at radius 3 is 1.26 bits per heavy atom. The maximum Gasteiger partial charge on any atom is 0.267 e. The van der Waals surface area contributed by atoms with E-state index in [0.29, 0.717) is 0 Å². The van der Waals surface area contributed by atoms with Gasteiger partial charge in [-0.1, -0.05) is 211 Å². The van der Waals surface area contributed by atoms with Crippen LogP contribution < -0.4 is 5.32 Å². The highest BCUT2D eigenvalue weighted by Gasteiger charge is 2.24. The standard InChI is InChI=1S/C46H87NO5S/c1-3-5-7-9-11-13-15-17-19-21-22-23-24-26-27-29-31-33-35-37-39-41-45(48)44(43-53(50,51)52)47-46(49)42-40-38-36-34-32-30-28-25-20-18-16-14-12-10-8-6-4-2/h12,14,18,20,39,41,44-45,48H,3-11,13,15-17,19,21-38,40,42-43H2,1-2H3,(H,47,49)(H,50,51,52)/b14-12-,20-18-,41-39+. The Morgan fingerprint density at radius 1 is 0.509 bits per heavy atom. The Kier molecular flexibility index (Phi) is 39.1. The number of amides is 1. The first-order valence-corrected chi connectivity index (χ1v) is 24.3. The summed E-state index contributed by atoms with van der Waals surface area (Å²) < 4.78 is 32.6. The van der Waals surface area contributed by atoms with E-state index >= 15 is 0 Å². The molecule has 53 heavy (non-hydrogen) atoms. The fraction of sp³-hybridized carbons (Fsp3) is 0.848. The monoisotopic (exact) mass is 766 g/mol. The van der Waals surface area contributed by atoms with Crippen LogP contribution in [0.2, 0.25) is 0 Å². The number of carbonyl (C=O) groups excluding carboxylic acids is 1. The topological polar surface area (TPSA) is 104 Å². The molecule has 0 rings (SSSR count). The highest BCUT2D eigenvalue weighted by atomic mass is 32.2. The fourth-order valence-electron chi connectivity index (χ4n) is 6.89. The van der Waals surface area contributed by atoms with Gasteiger partial charge in [0.2, 0.25) is 5.91 Å². The second-order valence-electron chi connectivity index (χ2n) is 15.7. The summed E-state index contributed by atoms with van der Waals surface area (Å²) in [5.41, 5.74) is 0. The lowest BCUT2D eigenvalue weighted by Gasteiger charge is -2.21. The molecule has 0 aliphatic heterocycles. The van der Waals surface area contributed by atoms with Crippen LogP contribution in [0.4, 0.5) is 0 Å². The van der Waals surface area contributed by atoms with E-state index < -0.39 is 28.0 Å². The molecule has 0 aliphatic rings. The molecule has 2 atom stereocenters. The van der Waals surface area contributed by atoms with E-state index in [1.54, 1.807) is 6.08 Å². The molecule has 7 heteroatoms. The van der Waals surface area contributed by atoms with Gasteiger partial charge >= 0.3 is 0 Å². The molecule has 2 unspecified atom stereocenters. The molecule has 0 fully saturated rings. The molecule has 0 aromatic carbocycles. The van der Waals surface area contributed by atoms with Gasteiger partial charge in [0, 0.05) is 6.42 Å². The van der Waals surface area contributed by atoms with Crippen molar-refractivity contribution in [1.29, 1.82) is 0 Å². The van der Waals surface area contributed by atoms with Crippen LogP contribution in [-0.2, 0) is 14.9 Å². The van der Waals surface area contributed by atoms with Gasteiger partial charge in [0.1, 0.15) is 0 Å². The zero-order valence-corrected chi connectivity index (χ0v) is 35.7. The summed E-state index contributed by atoms with van der Waals surface area (Å²) >= 11 is 0. The van der Waals surface area contributed by atoms with Crippen LogP contribution in [0, 0.1) is 0 Å². The summed E-state index contributed by atoms with van der Waals surface area (Å²) in [4.78, 5) is 12.5. The summed E-state index contributed by atoms with van der Waals surface area (Å²) in [5.74, 6) is -0.985. The summed E-state index contributed by atoms with van der Waals surface area (Å²) in [7, 11) is -4.35. The molecule has 6 nitrogen and oxygen atoms in total. The molecule has 3 N–H and O–H groups in total. The molecule has 0 aliphatic carbocycles. The Bertz CT molecular complexity index is 976. The molecule has 0 aromatic heterocycles. The van der Waals surface area contributed by atoms with Gasteiger partial charge in [-0.3, -0.25) is 9.35 Å². The Hall–Kier alpha value is -1.44. The molecular weight excluding hydrogens is 679 g/mol. The van der Waals surface area contributed by atoms with Gasteiger partial charge in [0.05, 0.1) is 17.9 Å². The number of aliphatic hydroxyl groups excluding tert-OH is 1. The maximum atomic E-state index is 12.5. The van der Waals surface area contributed by atoms with Crippen molar-refractivity contribution in [3.05, 3.63) is 36.5 Å². The molecule has 0 saturated heterocycles. The molecule has 1 amide bonds. The second kappa shape index (κ2) is 40.2. The van der Waals surface area contributed by atoms with E-state index in [1.165, 1.54) is 154 Å². The van der Waals surface area contributed by atoms with Crippen molar-refractivity contribution < 1.29 is 22.9 Å². The summed E-state index contributed by atoms with van der Waals surface area (Å²) in [6, 6.07) is -1.06. The number of unbranched alkanes of at least 4 members (excludes halogenated alkanes) is 29. The van der Waals surface area contributed by atoms with Gasteiger partial charge < -0.3 is 10.4 Å². The molecule has 312 valence electrons. The fourth-order valence-corrected chi connectivity index (χ4v) is 7.63. The summed E-state index contributed by atoms with van der Waals surface area (Å²) in [6.07, 6.45) is 52.8. The predicted octanol–water partition coefficient (Wildman–Crippen LogP) is 13.7. The number of carbonyl (C=O) groups is 1. The van der Waals surface area contributed by atoms with Crippen LogP contribution in [0.5, 0.6) is 0 Å². The van der Waals surface area contributed by atoms with Crippen molar-refractivity contribution in [3.8, 4) is 0 Å². The van der Waals surface area contributed by atoms with Crippen molar-refractivity contribution in [3.63, 3.8) is 0 Å². The third-order valence-corrected chi connectivity index (χ3v) is 11.1. The molecular formula is C46H87NO5S. The zero-order chi connectivity index (χ0) is 38.9. The lowest BCUT2D eigenvalue weighted by molar-refractivity contribution is -0.122. The number of allylic oxidation sites excluding steroid dienone is 5. The van der Waals surface area contributed by atoms with Crippen LogP contribution in [0.15, 0.2) is 36.5 Å². The highest BCUT2D eigenvalue weighted by molar-refractivity contribution is 7.85. The summed E-state index contributed by atoms with van der Waals surface area (Å²) in [6.45, 7) is 4.51. The Morgan fingerprint density at radius 2 is 0.849 bits per heavy atom. The highest BCUT2D eigenvalue weighted by Crippen LogP contribution is 2.16. The minimum atomic E-state index is -4.35. The third kappa shape index (κ3) is 41.6. The SMILES string of the molecule is CCCCC/C=C\C/C=C\CCCCCCCCCC(=O)NC(CS(=O)(=O)O)C(O)/C=C/CCCCCCCCCCCCCCCCCCCCC. The molecule has 0 bridgehead atoms. The van der Waals surface area contributed by atoms with E-state index in [9.17, 15) is 22.9 Å². The first kappa shape index (κ1) is 51.6. The van der Waals surface area contributed by atoms with Gasteiger partial charge in [0.15, 0.2) is 0 Å². The van der Waals surface area contributed by atoms with Crippen LogP contribution in [0.3, 0.4) is 0 Å². The number of aliphatic hydroxyl groups is 1. The maximum absolute atomic E-state index is 12.5. The quantitative estimate of drug-likeness (QED) is 0.0327. The summed E-state index contributed by atoms with van der Waals surface area (Å²) in [5, 5.41) is 13.3. The number of nitrogens with one attached hydrogen (secondary N) is 1. The average Bonchev–Trinajstić information content (AvgIpc) is 3.12. The smallest absolute Gasteiger partial charge is 0.267 e. The van der Waals surface area contributed by atoms with Crippen molar-refractivity contribution >= 4 is 16.0 Å². The van der Waals surface area contributed by atoms with Crippen molar-refractivity contribution in [1.82, 2.24) is 5.32 Å². The number of hydrogen-bond acceptors (Lipinski definition) is 4. The number of hydrogen-bond donors (Lipinski definition) is 3. The largest absolute Gasteiger partial charge is 0.387 e. The van der Waals surface area contributed by atoms with E-state index in [-0.39, 0.29) is 12.3 Å². The minimum absolute atomic E-state index is 0.285. The van der Waals surface area contributed by atoms with Gasteiger partial charge in [0.25, 0.3) is 10.1 Å². The first-order chi connectivity index (χ1) is 25.8. The van der Waals surface area contributed by atoms with E-state index in [0.717, 1.165) is 57.8 Å². The minimum Gasteiger partial charge on any atom is -0.387 e. The van der Waals surface area contributed by atoms with Crippen LogP contribution in [0.1, 0.15) is 232 Å². The van der Waals surface area contributed by atoms with Crippen LogP contribution >= 0.6 is 0 Å².